The summed E-state index contributed by atoms with van der Waals surface area (Å²) >= 11 is 5.69. The van der Waals surface area contributed by atoms with Gasteiger partial charge in [0.2, 0.25) is 0 Å². The zero-order valence-corrected chi connectivity index (χ0v) is 11.0. The minimum absolute atomic E-state index is 0.0866. The largest absolute Gasteiger partial charge is 0.384 e. The maximum absolute atomic E-state index is 13.6. The molecule has 2 N–H and O–H groups in total. The Kier molecular flexibility index (Phi) is 3.12. The van der Waals surface area contributed by atoms with Crippen LogP contribution in [0.4, 0.5) is 10.2 Å². The number of anilines is 1. The van der Waals surface area contributed by atoms with E-state index in [1.165, 1.54) is 12.1 Å². The minimum atomic E-state index is -0.474. The molecule has 4 nitrogen and oxygen atoms in total. The molecule has 0 aliphatic rings. The topological polar surface area (TPSA) is 56.7 Å². The van der Waals surface area contributed by atoms with Crippen LogP contribution in [0.1, 0.15) is 0 Å². The first-order valence-corrected chi connectivity index (χ1v) is 6.22. The van der Waals surface area contributed by atoms with Gasteiger partial charge in [-0.3, -0.25) is 4.57 Å². The van der Waals surface area contributed by atoms with E-state index in [-0.39, 0.29) is 5.02 Å². The molecule has 0 radical (unpaired) electrons. The van der Waals surface area contributed by atoms with Crippen molar-refractivity contribution in [1.29, 1.82) is 0 Å². The molecule has 0 bridgehead atoms. The Bertz CT molecular complexity index is 769. The molecular formula is C14H10ClFN4. The maximum atomic E-state index is 13.6. The van der Waals surface area contributed by atoms with E-state index in [0.717, 1.165) is 11.3 Å². The van der Waals surface area contributed by atoms with Crippen molar-refractivity contribution in [2.24, 2.45) is 0 Å². The van der Waals surface area contributed by atoms with Crippen LogP contribution in [0.3, 0.4) is 0 Å². The standard InChI is InChI=1S/C14H10ClFN4/c15-11-2-1-10(6-12(11)16)20-8-18-7-13(20)9-3-4-19-14(17)5-9/h1-8H,(H2,17,19). The Labute approximate surface area is 119 Å². The lowest BCUT2D eigenvalue weighted by Gasteiger charge is -2.09. The summed E-state index contributed by atoms with van der Waals surface area (Å²) in [5, 5.41) is 0.0866. The third-order valence-corrected chi connectivity index (χ3v) is 3.20. The van der Waals surface area contributed by atoms with E-state index in [0.29, 0.717) is 11.5 Å². The average molecular weight is 289 g/mol. The zero-order valence-electron chi connectivity index (χ0n) is 10.3. The number of nitrogen functional groups attached to an aromatic ring is 1. The van der Waals surface area contributed by atoms with E-state index in [9.17, 15) is 4.39 Å². The van der Waals surface area contributed by atoms with Gasteiger partial charge in [-0.15, -0.1) is 0 Å². The summed E-state index contributed by atoms with van der Waals surface area (Å²) in [4.78, 5) is 8.05. The van der Waals surface area contributed by atoms with Crippen LogP contribution in [0.25, 0.3) is 16.9 Å². The highest BCUT2D eigenvalue weighted by Crippen LogP contribution is 2.25. The third kappa shape index (κ3) is 2.23. The lowest BCUT2D eigenvalue weighted by atomic mass is 10.2. The minimum Gasteiger partial charge on any atom is -0.384 e. The van der Waals surface area contributed by atoms with Crippen molar-refractivity contribution in [2.45, 2.75) is 0 Å². The Morgan fingerprint density at radius 1 is 1.20 bits per heavy atom. The van der Waals surface area contributed by atoms with E-state index in [1.807, 2.05) is 6.07 Å². The number of pyridine rings is 1. The molecule has 0 aliphatic carbocycles. The van der Waals surface area contributed by atoms with Gasteiger partial charge in [-0.1, -0.05) is 11.6 Å². The number of benzene rings is 1. The molecule has 2 heterocycles. The molecular weight excluding hydrogens is 279 g/mol. The highest BCUT2D eigenvalue weighted by molar-refractivity contribution is 6.30. The third-order valence-electron chi connectivity index (χ3n) is 2.90. The monoisotopic (exact) mass is 288 g/mol. The van der Waals surface area contributed by atoms with E-state index < -0.39 is 5.82 Å². The molecule has 0 saturated heterocycles. The Morgan fingerprint density at radius 3 is 2.80 bits per heavy atom. The van der Waals surface area contributed by atoms with Crippen molar-refractivity contribution in [1.82, 2.24) is 14.5 Å². The molecule has 1 aromatic carbocycles. The first-order valence-electron chi connectivity index (χ1n) is 5.85. The fraction of sp³-hybridized carbons (Fsp3) is 0. The number of nitrogens with zero attached hydrogens (tertiary/aromatic N) is 3. The second kappa shape index (κ2) is 4.94. The van der Waals surface area contributed by atoms with Crippen LogP contribution >= 0.6 is 11.6 Å². The van der Waals surface area contributed by atoms with Crippen LogP contribution in [-0.2, 0) is 0 Å². The van der Waals surface area contributed by atoms with Gasteiger partial charge < -0.3 is 5.73 Å². The highest BCUT2D eigenvalue weighted by atomic mass is 35.5. The fourth-order valence-electron chi connectivity index (χ4n) is 1.96. The fourth-order valence-corrected chi connectivity index (χ4v) is 2.07. The smallest absolute Gasteiger partial charge is 0.143 e. The summed E-state index contributed by atoms with van der Waals surface area (Å²) in [6.07, 6.45) is 4.90. The van der Waals surface area contributed by atoms with Crippen LogP contribution in [0.15, 0.2) is 49.1 Å². The van der Waals surface area contributed by atoms with Crippen LogP contribution in [0, 0.1) is 5.82 Å². The quantitative estimate of drug-likeness (QED) is 0.787. The first kappa shape index (κ1) is 12.6. The van der Waals surface area contributed by atoms with Gasteiger partial charge in [-0.2, -0.15) is 0 Å². The summed E-state index contributed by atoms with van der Waals surface area (Å²) in [5.41, 5.74) is 7.96. The molecule has 0 aliphatic heterocycles. The molecule has 3 rings (SSSR count). The second-order valence-electron chi connectivity index (χ2n) is 4.22. The molecule has 3 aromatic rings. The number of rotatable bonds is 2. The number of aromatic nitrogens is 3. The van der Waals surface area contributed by atoms with Crippen molar-refractivity contribution in [3.63, 3.8) is 0 Å². The van der Waals surface area contributed by atoms with Crippen molar-refractivity contribution in [2.75, 3.05) is 5.73 Å². The predicted octanol–water partition coefficient (Wildman–Crippen LogP) is 3.31. The number of nitrogens with two attached hydrogens (primary N) is 1. The van der Waals surface area contributed by atoms with Crippen molar-refractivity contribution in [3.8, 4) is 16.9 Å². The van der Waals surface area contributed by atoms with Crippen LogP contribution in [0.2, 0.25) is 5.02 Å². The highest BCUT2D eigenvalue weighted by Gasteiger charge is 2.09. The van der Waals surface area contributed by atoms with Gasteiger partial charge in [-0.05, 0) is 30.3 Å². The summed E-state index contributed by atoms with van der Waals surface area (Å²) in [6.45, 7) is 0. The first-order chi connectivity index (χ1) is 9.65. The summed E-state index contributed by atoms with van der Waals surface area (Å²) in [5.74, 6) is -0.0596. The van der Waals surface area contributed by atoms with Gasteiger partial charge in [0.05, 0.1) is 28.9 Å². The molecule has 100 valence electrons. The molecule has 20 heavy (non-hydrogen) atoms. The summed E-state index contributed by atoms with van der Waals surface area (Å²) in [7, 11) is 0. The number of hydrogen-bond donors (Lipinski definition) is 1. The maximum Gasteiger partial charge on any atom is 0.143 e. The van der Waals surface area contributed by atoms with Crippen LogP contribution in [-0.4, -0.2) is 14.5 Å². The molecule has 0 atom stereocenters. The van der Waals surface area contributed by atoms with Crippen LogP contribution in [0.5, 0.6) is 0 Å². The molecule has 0 unspecified atom stereocenters. The van der Waals surface area contributed by atoms with Gasteiger partial charge >= 0.3 is 0 Å². The molecule has 0 saturated carbocycles. The predicted molar refractivity (Wildman–Crippen MR) is 76.2 cm³/mol. The lowest BCUT2D eigenvalue weighted by Crippen LogP contribution is -1.97. The van der Waals surface area contributed by atoms with Gasteiger partial charge in [0.25, 0.3) is 0 Å². The van der Waals surface area contributed by atoms with Crippen molar-refractivity contribution < 1.29 is 4.39 Å². The van der Waals surface area contributed by atoms with Gasteiger partial charge in [0.1, 0.15) is 11.6 Å². The van der Waals surface area contributed by atoms with Gasteiger partial charge in [-0.25, -0.2) is 14.4 Å². The normalized spacial score (nSPS) is 10.7. The van der Waals surface area contributed by atoms with E-state index >= 15 is 0 Å². The molecule has 0 fully saturated rings. The van der Waals surface area contributed by atoms with Crippen LogP contribution < -0.4 is 5.73 Å². The number of halogens is 2. The second-order valence-corrected chi connectivity index (χ2v) is 4.62. The molecule has 2 aromatic heterocycles. The number of imidazole rings is 1. The number of hydrogen-bond acceptors (Lipinski definition) is 3. The van der Waals surface area contributed by atoms with Crippen molar-refractivity contribution in [3.05, 3.63) is 59.9 Å². The van der Waals surface area contributed by atoms with E-state index in [1.54, 1.807) is 35.4 Å². The Balaban J connectivity index is 2.12. The van der Waals surface area contributed by atoms with Crippen molar-refractivity contribution >= 4 is 17.4 Å². The average Bonchev–Trinajstić information content (AvgIpc) is 2.91. The molecule has 0 amide bonds. The van der Waals surface area contributed by atoms with E-state index in [4.69, 9.17) is 17.3 Å². The lowest BCUT2D eigenvalue weighted by molar-refractivity contribution is 0.627. The van der Waals surface area contributed by atoms with E-state index in [2.05, 4.69) is 9.97 Å². The molecule has 0 spiro atoms. The zero-order chi connectivity index (χ0) is 14.1. The Morgan fingerprint density at radius 2 is 2.05 bits per heavy atom. The molecule has 6 heteroatoms. The van der Waals surface area contributed by atoms with Gasteiger partial charge in [0, 0.05) is 11.8 Å². The summed E-state index contributed by atoms with van der Waals surface area (Å²) in [6, 6.07) is 8.14. The SMILES string of the molecule is Nc1cc(-c2cncn2-c2ccc(Cl)c(F)c2)ccn1. The Hall–Kier alpha value is -2.40. The van der Waals surface area contributed by atoms with Gasteiger partial charge in [0.15, 0.2) is 0 Å². The summed E-state index contributed by atoms with van der Waals surface area (Å²) < 4.78 is 15.3.